The summed E-state index contributed by atoms with van der Waals surface area (Å²) in [7, 11) is 1.59. The van der Waals surface area contributed by atoms with Gasteiger partial charge in [-0.2, -0.15) is 4.98 Å². The van der Waals surface area contributed by atoms with E-state index in [9.17, 15) is 9.18 Å². The highest BCUT2D eigenvalue weighted by Crippen LogP contribution is 2.32. The molecule has 3 aromatic rings. The van der Waals surface area contributed by atoms with Gasteiger partial charge in [0.2, 0.25) is 5.95 Å². The fraction of sp³-hybridized carbons (Fsp3) is 0.190. The molecular formula is C21H19FN4O2. The number of carbonyl (C=O) groups is 1. The third-order valence-corrected chi connectivity index (χ3v) is 4.54. The van der Waals surface area contributed by atoms with Gasteiger partial charge in [-0.05, 0) is 49.2 Å². The number of Topliss-reactive ketones (excluding diaryl/α,β-unsaturated/α-hetero) is 1. The summed E-state index contributed by atoms with van der Waals surface area (Å²) in [6, 6.07) is 13.4. The standard InChI is InChI=1S/C21H19FN4O2/c1-28-18-8-3-2-5-15(18)24-20-19-16(6-4-7-17(19)27)25-21(26-20)23-14-11-9-13(22)10-12-14/h2-3,5,8-12H,4,6-7H2,1H3,(H2,23,24,25,26). The average Bonchev–Trinajstić information content (AvgIpc) is 2.70. The third kappa shape index (κ3) is 3.64. The molecule has 0 spiro atoms. The van der Waals surface area contributed by atoms with E-state index in [2.05, 4.69) is 20.6 Å². The van der Waals surface area contributed by atoms with Crippen LogP contribution >= 0.6 is 0 Å². The molecule has 0 unspecified atom stereocenters. The molecule has 0 saturated heterocycles. The predicted octanol–water partition coefficient (Wildman–Crippen LogP) is 4.63. The van der Waals surface area contributed by atoms with E-state index in [0.29, 0.717) is 53.0 Å². The van der Waals surface area contributed by atoms with Crippen LogP contribution in [0.1, 0.15) is 28.9 Å². The second-order valence-corrected chi connectivity index (χ2v) is 6.45. The number of benzene rings is 2. The molecular weight excluding hydrogens is 359 g/mol. The molecule has 0 radical (unpaired) electrons. The van der Waals surface area contributed by atoms with E-state index in [4.69, 9.17) is 4.74 Å². The van der Waals surface area contributed by atoms with Crippen LogP contribution in [0, 0.1) is 5.82 Å². The summed E-state index contributed by atoms with van der Waals surface area (Å²) in [5.74, 6) is 1.13. The van der Waals surface area contributed by atoms with Gasteiger partial charge in [-0.15, -0.1) is 0 Å². The van der Waals surface area contributed by atoms with Gasteiger partial charge in [0.25, 0.3) is 0 Å². The molecule has 1 heterocycles. The molecule has 0 amide bonds. The normalized spacial score (nSPS) is 13.0. The zero-order valence-corrected chi connectivity index (χ0v) is 15.3. The van der Waals surface area contributed by atoms with Crippen LogP contribution in [0.5, 0.6) is 5.75 Å². The van der Waals surface area contributed by atoms with Crippen LogP contribution < -0.4 is 15.4 Å². The van der Waals surface area contributed by atoms with Crippen LogP contribution in [-0.4, -0.2) is 22.9 Å². The highest BCUT2D eigenvalue weighted by molar-refractivity contribution is 6.03. The Morgan fingerprint density at radius 1 is 1.00 bits per heavy atom. The first-order valence-electron chi connectivity index (χ1n) is 9.01. The number of para-hydroxylation sites is 2. The van der Waals surface area contributed by atoms with E-state index in [-0.39, 0.29) is 11.6 Å². The lowest BCUT2D eigenvalue weighted by Crippen LogP contribution is -2.18. The van der Waals surface area contributed by atoms with E-state index in [1.807, 2.05) is 24.3 Å². The maximum absolute atomic E-state index is 13.2. The molecule has 0 bridgehead atoms. The van der Waals surface area contributed by atoms with Gasteiger partial charge in [-0.25, -0.2) is 9.37 Å². The van der Waals surface area contributed by atoms with Crippen LogP contribution in [-0.2, 0) is 6.42 Å². The van der Waals surface area contributed by atoms with E-state index in [0.717, 1.165) is 6.42 Å². The molecule has 142 valence electrons. The van der Waals surface area contributed by atoms with Gasteiger partial charge in [-0.1, -0.05) is 12.1 Å². The first kappa shape index (κ1) is 17.9. The highest BCUT2D eigenvalue weighted by atomic mass is 19.1. The summed E-state index contributed by atoms with van der Waals surface area (Å²) in [5, 5.41) is 6.30. The summed E-state index contributed by atoms with van der Waals surface area (Å²) < 4.78 is 18.5. The number of ketones is 1. The molecule has 6 nitrogen and oxygen atoms in total. The zero-order valence-electron chi connectivity index (χ0n) is 15.3. The summed E-state index contributed by atoms with van der Waals surface area (Å²) in [6.07, 6.45) is 1.93. The van der Waals surface area contributed by atoms with E-state index >= 15 is 0 Å². The lowest BCUT2D eigenvalue weighted by atomic mass is 9.95. The molecule has 1 aliphatic rings. The number of nitrogens with zero attached hydrogens (tertiary/aromatic N) is 2. The highest BCUT2D eigenvalue weighted by Gasteiger charge is 2.25. The fourth-order valence-electron chi connectivity index (χ4n) is 3.21. The molecule has 0 atom stereocenters. The lowest BCUT2D eigenvalue weighted by Gasteiger charge is -2.20. The van der Waals surface area contributed by atoms with Crippen LogP contribution in [0.4, 0.5) is 27.5 Å². The predicted molar refractivity (Wildman–Crippen MR) is 105 cm³/mol. The number of hydrogen-bond acceptors (Lipinski definition) is 6. The van der Waals surface area contributed by atoms with Gasteiger partial charge < -0.3 is 15.4 Å². The Balaban J connectivity index is 1.74. The first-order valence-corrected chi connectivity index (χ1v) is 9.01. The van der Waals surface area contributed by atoms with Crippen molar-refractivity contribution in [1.82, 2.24) is 9.97 Å². The number of aryl methyl sites for hydroxylation is 1. The number of ether oxygens (including phenoxy) is 1. The SMILES string of the molecule is COc1ccccc1Nc1nc(Nc2ccc(F)cc2)nc2c1C(=O)CCC2. The van der Waals surface area contributed by atoms with Crippen LogP contribution in [0.3, 0.4) is 0 Å². The maximum Gasteiger partial charge on any atom is 0.229 e. The van der Waals surface area contributed by atoms with Crippen LogP contribution in [0.25, 0.3) is 0 Å². The minimum absolute atomic E-state index is 0.0204. The van der Waals surface area contributed by atoms with Crippen molar-refractivity contribution in [2.75, 3.05) is 17.7 Å². The molecule has 28 heavy (non-hydrogen) atoms. The number of carbonyl (C=O) groups excluding carboxylic acids is 1. The van der Waals surface area contributed by atoms with Gasteiger partial charge >= 0.3 is 0 Å². The Labute approximate surface area is 161 Å². The summed E-state index contributed by atoms with van der Waals surface area (Å²) in [4.78, 5) is 21.6. The van der Waals surface area contributed by atoms with Gasteiger partial charge in [0.1, 0.15) is 17.4 Å². The third-order valence-electron chi connectivity index (χ3n) is 4.54. The number of rotatable bonds is 5. The molecule has 0 fully saturated rings. The van der Waals surface area contributed by atoms with Crippen molar-refractivity contribution in [2.45, 2.75) is 19.3 Å². The zero-order chi connectivity index (χ0) is 19.5. The minimum Gasteiger partial charge on any atom is -0.495 e. The van der Waals surface area contributed by atoms with Gasteiger partial charge in [-0.3, -0.25) is 4.79 Å². The molecule has 2 N–H and O–H groups in total. The van der Waals surface area contributed by atoms with Gasteiger partial charge in [0.05, 0.1) is 24.1 Å². The molecule has 0 saturated carbocycles. The second kappa shape index (κ2) is 7.64. The Hall–Kier alpha value is -3.48. The van der Waals surface area contributed by atoms with Crippen molar-refractivity contribution < 1.29 is 13.9 Å². The number of anilines is 4. The van der Waals surface area contributed by atoms with Crippen molar-refractivity contribution >= 4 is 28.9 Å². The second-order valence-electron chi connectivity index (χ2n) is 6.45. The molecule has 4 rings (SSSR count). The van der Waals surface area contributed by atoms with E-state index in [1.165, 1.54) is 12.1 Å². The Morgan fingerprint density at radius 2 is 1.79 bits per heavy atom. The molecule has 0 aliphatic heterocycles. The average molecular weight is 378 g/mol. The van der Waals surface area contributed by atoms with Crippen molar-refractivity contribution in [3.8, 4) is 5.75 Å². The van der Waals surface area contributed by atoms with Crippen LogP contribution in [0.2, 0.25) is 0 Å². The van der Waals surface area contributed by atoms with Crippen LogP contribution in [0.15, 0.2) is 48.5 Å². The van der Waals surface area contributed by atoms with Gasteiger partial charge in [0.15, 0.2) is 5.78 Å². The Kier molecular flexibility index (Phi) is 4.89. The number of aromatic nitrogens is 2. The maximum atomic E-state index is 13.2. The molecule has 7 heteroatoms. The van der Waals surface area contributed by atoms with Gasteiger partial charge in [0, 0.05) is 12.1 Å². The molecule has 1 aromatic heterocycles. The smallest absolute Gasteiger partial charge is 0.229 e. The quantitative estimate of drug-likeness (QED) is 0.674. The Morgan fingerprint density at radius 3 is 2.57 bits per heavy atom. The van der Waals surface area contributed by atoms with Crippen molar-refractivity contribution in [1.29, 1.82) is 0 Å². The summed E-state index contributed by atoms with van der Waals surface area (Å²) >= 11 is 0. The van der Waals surface area contributed by atoms with Crippen molar-refractivity contribution in [3.05, 3.63) is 65.6 Å². The Bertz CT molecular complexity index is 1020. The number of methoxy groups -OCH3 is 1. The van der Waals surface area contributed by atoms with Crippen molar-refractivity contribution in [3.63, 3.8) is 0 Å². The first-order chi connectivity index (χ1) is 13.6. The van der Waals surface area contributed by atoms with E-state index in [1.54, 1.807) is 19.2 Å². The fourth-order valence-corrected chi connectivity index (χ4v) is 3.21. The van der Waals surface area contributed by atoms with E-state index < -0.39 is 0 Å². The lowest BCUT2D eigenvalue weighted by molar-refractivity contribution is 0.0972. The number of hydrogen-bond donors (Lipinski definition) is 2. The monoisotopic (exact) mass is 378 g/mol. The summed E-state index contributed by atoms with van der Waals surface area (Å²) in [5.41, 5.74) is 2.58. The van der Waals surface area contributed by atoms with Crippen molar-refractivity contribution in [2.24, 2.45) is 0 Å². The number of halogens is 1. The summed E-state index contributed by atoms with van der Waals surface area (Å²) in [6.45, 7) is 0. The number of fused-ring (bicyclic) bond motifs is 1. The molecule has 1 aliphatic carbocycles. The molecule has 2 aromatic carbocycles. The minimum atomic E-state index is -0.318. The topological polar surface area (TPSA) is 76.1 Å². The largest absolute Gasteiger partial charge is 0.495 e. The number of nitrogens with one attached hydrogen (secondary N) is 2.